The van der Waals surface area contributed by atoms with E-state index < -0.39 is 33.7 Å². The highest BCUT2D eigenvalue weighted by Gasteiger charge is 2.23. The van der Waals surface area contributed by atoms with Crippen molar-refractivity contribution in [1.82, 2.24) is 0 Å². The van der Waals surface area contributed by atoms with Crippen molar-refractivity contribution in [3.63, 3.8) is 0 Å². The SMILES string of the molecule is CC(=O)c1cc(C(=O)O)c(O)c([N+](=O)[O-])c1. The summed E-state index contributed by atoms with van der Waals surface area (Å²) in [5, 5.41) is 28.5. The Morgan fingerprint density at radius 3 is 2.31 bits per heavy atom. The number of carbonyl (C=O) groups is 2. The summed E-state index contributed by atoms with van der Waals surface area (Å²) in [6, 6.07) is 1.73. The molecule has 0 aliphatic heterocycles. The average Bonchev–Trinajstić information content (AvgIpc) is 2.16. The molecule has 2 N–H and O–H groups in total. The highest BCUT2D eigenvalue weighted by atomic mass is 16.6. The van der Waals surface area contributed by atoms with Gasteiger partial charge in [-0.15, -0.1) is 0 Å². The molecule has 0 aromatic heterocycles. The third-order valence-corrected chi connectivity index (χ3v) is 1.92. The molecular formula is C9H7NO6. The molecule has 84 valence electrons. The van der Waals surface area contributed by atoms with E-state index in [0.717, 1.165) is 19.1 Å². The molecule has 0 saturated heterocycles. The van der Waals surface area contributed by atoms with Crippen LogP contribution in [0, 0.1) is 10.1 Å². The largest absolute Gasteiger partial charge is 0.501 e. The van der Waals surface area contributed by atoms with Crippen LogP contribution in [0.4, 0.5) is 5.69 Å². The second-order valence-electron chi connectivity index (χ2n) is 3.01. The number of ketones is 1. The zero-order valence-electron chi connectivity index (χ0n) is 8.13. The minimum absolute atomic E-state index is 0.137. The van der Waals surface area contributed by atoms with Crippen LogP contribution in [0.25, 0.3) is 0 Å². The summed E-state index contributed by atoms with van der Waals surface area (Å²) in [5.41, 5.74) is -1.61. The van der Waals surface area contributed by atoms with E-state index in [0.29, 0.717) is 0 Å². The van der Waals surface area contributed by atoms with Gasteiger partial charge < -0.3 is 10.2 Å². The van der Waals surface area contributed by atoms with Crippen molar-refractivity contribution < 1.29 is 24.7 Å². The molecule has 7 heteroatoms. The summed E-state index contributed by atoms with van der Waals surface area (Å²) >= 11 is 0. The molecule has 1 aromatic rings. The molecule has 0 unspecified atom stereocenters. The molecule has 0 heterocycles. The molecule has 1 rings (SSSR count). The Morgan fingerprint density at radius 1 is 1.38 bits per heavy atom. The Hall–Kier alpha value is -2.44. The van der Waals surface area contributed by atoms with E-state index in [4.69, 9.17) is 5.11 Å². The van der Waals surface area contributed by atoms with E-state index in [1.54, 1.807) is 0 Å². The first-order valence-corrected chi connectivity index (χ1v) is 4.10. The van der Waals surface area contributed by atoms with Crippen LogP contribution in [-0.2, 0) is 0 Å². The number of carboxylic acid groups (broad SMARTS) is 1. The summed E-state index contributed by atoms with van der Waals surface area (Å²) in [4.78, 5) is 31.2. The topological polar surface area (TPSA) is 118 Å². The van der Waals surface area contributed by atoms with Crippen LogP contribution >= 0.6 is 0 Å². The quantitative estimate of drug-likeness (QED) is 0.453. The smallest absolute Gasteiger partial charge is 0.339 e. The van der Waals surface area contributed by atoms with Gasteiger partial charge in [-0.2, -0.15) is 0 Å². The summed E-state index contributed by atoms with van der Waals surface area (Å²) in [6.07, 6.45) is 0. The first kappa shape index (κ1) is 11.6. The molecule has 0 amide bonds. The number of hydrogen-bond donors (Lipinski definition) is 2. The number of carbonyl (C=O) groups excluding carboxylic acids is 1. The molecule has 0 bridgehead atoms. The summed E-state index contributed by atoms with van der Waals surface area (Å²) in [7, 11) is 0. The molecule has 7 nitrogen and oxygen atoms in total. The number of nitro benzene ring substituents is 1. The maximum atomic E-state index is 11.0. The lowest BCUT2D eigenvalue weighted by Crippen LogP contribution is -2.03. The summed E-state index contributed by atoms with van der Waals surface area (Å²) in [6.45, 7) is 1.14. The highest BCUT2D eigenvalue weighted by molar-refractivity contribution is 6.00. The van der Waals surface area contributed by atoms with Crippen LogP contribution in [-0.4, -0.2) is 26.9 Å². The minimum atomic E-state index is -1.54. The Morgan fingerprint density at radius 2 is 1.94 bits per heavy atom. The average molecular weight is 225 g/mol. The third-order valence-electron chi connectivity index (χ3n) is 1.92. The molecule has 0 aliphatic carbocycles. The van der Waals surface area contributed by atoms with Gasteiger partial charge in [-0.1, -0.05) is 0 Å². The predicted octanol–water partition coefficient (Wildman–Crippen LogP) is 1.20. The second kappa shape index (κ2) is 3.97. The van der Waals surface area contributed by atoms with Crippen LogP contribution in [0.3, 0.4) is 0 Å². The van der Waals surface area contributed by atoms with Crippen LogP contribution in [0.5, 0.6) is 5.75 Å². The lowest BCUT2D eigenvalue weighted by molar-refractivity contribution is -0.385. The number of Topliss-reactive ketones (excluding diaryl/α,β-unsaturated/α-hetero) is 1. The van der Waals surface area contributed by atoms with E-state index in [9.17, 15) is 24.8 Å². The number of aromatic carboxylic acids is 1. The van der Waals surface area contributed by atoms with Gasteiger partial charge in [-0.3, -0.25) is 14.9 Å². The number of rotatable bonds is 3. The Bertz CT molecular complexity index is 458. The number of hydrogen-bond acceptors (Lipinski definition) is 5. The van der Waals surface area contributed by atoms with Crippen molar-refractivity contribution in [3.8, 4) is 5.75 Å². The van der Waals surface area contributed by atoms with Gasteiger partial charge >= 0.3 is 11.7 Å². The predicted molar refractivity (Wildman–Crippen MR) is 51.7 cm³/mol. The van der Waals surface area contributed by atoms with Crippen molar-refractivity contribution in [2.75, 3.05) is 0 Å². The molecule has 0 saturated carbocycles. The van der Waals surface area contributed by atoms with Crippen LogP contribution in [0.15, 0.2) is 12.1 Å². The van der Waals surface area contributed by atoms with Gasteiger partial charge in [-0.25, -0.2) is 4.79 Å². The van der Waals surface area contributed by atoms with Gasteiger partial charge in [0.2, 0.25) is 5.75 Å². The number of benzene rings is 1. The number of nitrogens with zero attached hydrogens (tertiary/aromatic N) is 1. The van der Waals surface area contributed by atoms with Gasteiger partial charge in [-0.05, 0) is 13.0 Å². The second-order valence-corrected chi connectivity index (χ2v) is 3.01. The van der Waals surface area contributed by atoms with Crippen LogP contribution in [0.2, 0.25) is 0 Å². The lowest BCUT2D eigenvalue weighted by Gasteiger charge is -2.03. The molecule has 1 aromatic carbocycles. The van der Waals surface area contributed by atoms with E-state index in [1.165, 1.54) is 0 Å². The van der Waals surface area contributed by atoms with Gasteiger partial charge in [0.25, 0.3) is 0 Å². The van der Waals surface area contributed by atoms with Crippen molar-refractivity contribution >= 4 is 17.4 Å². The van der Waals surface area contributed by atoms with Gasteiger partial charge in [0.15, 0.2) is 5.78 Å². The Labute approximate surface area is 89.1 Å². The molecule has 0 fully saturated rings. The molecule has 0 aliphatic rings. The van der Waals surface area contributed by atoms with Crippen molar-refractivity contribution in [2.24, 2.45) is 0 Å². The molecule has 0 radical (unpaired) electrons. The zero-order chi connectivity index (χ0) is 12.5. The Balaban J connectivity index is 3.57. The van der Waals surface area contributed by atoms with Gasteiger partial charge in [0, 0.05) is 11.6 Å². The molecule has 16 heavy (non-hydrogen) atoms. The summed E-state index contributed by atoms with van der Waals surface area (Å²) in [5.74, 6) is -3.02. The first-order chi connectivity index (χ1) is 7.34. The number of carboxylic acids is 1. The third kappa shape index (κ3) is 1.97. The van der Waals surface area contributed by atoms with E-state index in [2.05, 4.69) is 0 Å². The van der Waals surface area contributed by atoms with Crippen molar-refractivity contribution in [3.05, 3.63) is 33.4 Å². The van der Waals surface area contributed by atoms with Crippen LogP contribution in [0.1, 0.15) is 27.6 Å². The molecule has 0 spiro atoms. The fourth-order valence-electron chi connectivity index (χ4n) is 1.12. The minimum Gasteiger partial charge on any atom is -0.501 e. The summed E-state index contributed by atoms with van der Waals surface area (Å²) < 4.78 is 0. The normalized spacial score (nSPS) is 9.81. The lowest BCUT2D eigenvalue weighted by atomic mass is 10.1. The fraction of sp³-hybridized carbons (Fsp3) is 0.111. The standard InChI is InChI=1S/C9H7NO6/c1-4(11)5-2-6(9(13)14)8(12)7(3-5)10(15)16/h2-3,12H,1H3,(H,13,14). The maximum Gasteiger partial charge on any atom is 0.339 e. The monoisotopic (exact) mass is 225 g/mol. The Kier molecular flexibility index (Phi) is 2.89. The van der Waals surface area contributed by atoms with Crippen molar-refractivity contribution in [2.45, 2.75) is 6.92 Å². The van der Waals surface area contributed by atoms with Gasteiger partial charge in [0.1, 0.15) is 5.56 Å². The van der Waals surface area contributed by atoms with E-state index in [1.807, 2.05) is 0 Å². The zero-order valence-corrected chi connectivity index (χ0v) is 8.13. The van der Waals surface area contributed by atoms with Gasteiger partial charge in [0.05, 0.1) is 4.92 Å². The van der Waals surface area contributed by atoms with E-state index in [-0.39, 0.29) is 5.56 Å². The number of aromatic hydroxyl groups is 1. The molecule has 0 atom stereocenters. The van der Waals surface area contributed by atoms with Crippen LogP contribution < -0.4 is 0 Å². The highest BCUT2D eigenvalue weighted by Crippen LogP contribution is 2.31. The fourth-order valence-corrected chi connectivity index (χ4v) is 1.12. The van der Waals surface area contributed by atoms with Crippen molar-refractivity contribution in [1.29, 1.82) is 0 Å². The maximum absolute atomic E-state index is 11.0. The number of nitro groups is 1. The molecular weight excluding hydrogens is 218 g/mol. The first-order valence-electron chi connectivity index (χ1n) is 4.10. The number of phenols is 1. The van der Waals surface area contributed by atoms with E-state index >= 15 is 0 Å².